The van der Waals surface area contributed by atoms with Gasteiger partial charge in [0.15, 0.2) is 0 Å². The van der Waals surface area contributed by atoms with Crippen LogP contribution in [0, 0.1) is 6.92 Å². The monoisotopic (exact) mass is 442 g/mol. The normalized spacial score (nSPS) is 11.3. The zero-order chi connectivity index (χ0) is 20.9. The maximum Gasteiger partial charge on any atom is 0.232 e. The minimum absolute atomic E-state index is 0.147. The van der Waals surface area contributed by atoms with Gasteiger partial charge < -0.3 is 5.32 Å². The lowest BCUT2D eigenvalue weighted by Crippen LogP contribution is -2.31. The third-order valence-electron chi connectivity index (χ3n) is 4.36. The van der Waals surface area contributed by atoms with E-state index >= 15 is 0 Å². The predicted molar refractivity (Wildman–Crippen MR) is 117 cm³/mol. The van der Waals surface area contributed by atoms with Crippen molar-refractivity contribution in [2.24, 2.45) is 0 Å². The van der Waals surface area contributed by atoms with E-state index < -0.39 is 10.0 Å². The highest BCUT2D eigenvalue weighted by Gasteiger charge is 2.19. The third kappa shape index (κ3) is 5.87. The summed E-state index contributed by atoms with van der Waals surface area (Å²) in [5.41, 5.74) is 3.33. The SMILES string of the molecule is CCc1cccc(C)c1NC(=O)CCCN(c1ccc(Cl)c(Cl)c1)S(C)(=O)=O. The van der Waals surface area contributed by atoms with Gasteiger partial charge in [-0.05, 0) is 49.1 Å². The fraction of sp³-hybridized carbons (Fsp3) is 0.350. The molecule has 2 aromatic carbocycles. The predicted octanol–water partition coefficient (Wildman–Crippen LogP) is 5.05. The Morgan fingerprint density at radius 2 is 1.86 bits per heavy atom. The zero-order valence-electron chi connectivity index (χ0n) is 16.1. The number of rotatable bonds is 8. The maximum atomic E-state index is 12.4. The average Bonchev–Trinajstić information content (AvgIpc) is 2.62. The van der Waals surface area contributed by atoms with E-state index in [-0.39, 0.29) is 23.9 Å². The van der Waals surface area contributed by atoms with Crippen molar-refractivity contribution in [2.45, 2.75) is 33.1 Å². The maximum absolute atomic E-state index is 12.4. The standard InChI is InChI=1S/C20H24Cl2N2O3S/c1-4-15-8-5-7-14(2)20(15)23-19(25)9-6-12-24(28(3,26)27)16-10-11-17(21)18(22)13-16/h5,7-8,10-11,13H,4,6,9,12H2,1-3H3,(H,23,25). The molecule has 2 aromatic rings. The number of hydrogen-bond acceptors (Lipinski definition) is 3. The van der Waals surface area contributed by atoms with Crippen molar-refractivity contribution in [1.82, 2.24) is 0 Å². The van der Waals surface area contributed by atoms with E-state index in [9.17, 15) is 13.2 Å². The molecule has 0 fully saturated rings. The molecule has 1 amide bonds. The fourth-order valence-electron chi connectivity index (χ4n) is 2.91. The number of anilines is 2. The van der Waals surface area contributed by atoms with Crippen molar-refractivity contribution >= 4 is 50.5 Å². The van der Waals surface area contributed by atoms with Crippen LogP contribution in [0.5, 0.6) is 0 Å². The fourth-order valence-corrected chi connectivity index (χ4v) is 4.16. The molecule has 5 nitrogen and oxygen atoms in total. The van der Waals surface area contributed by atoms with Gasteiger partial charge in [0.1, 0.15) is 0 Å². The van der Waals surface area contributed by atoms with Gasteiger partial charge in [-0.15, -0.1) is 0 Å². The van der Waals surface area contributed by atoms with Gasteiger partial charge in [0.05, 0.1) is 22.0 Å². The number of carbonyl (C=O) groups is 1. The van der Waals surface area contributed by atoms with Crippen LogP contribution >= 0.6 is 23.2 Å². The summed E-state index contributed by atoms with van der Waals surface area (Å²) in [7, 11) is -3.52. The van der Waals surface area contributed by atoms with E-state index in [0.29, 0.717) is 17.1 Å². The van der Waals surface area contributed by atoms with Crippen LogP contribution in [0.15, 0.2) is 36.4 Å². The summed E-state index contributed by atoms with van der Waals surface area (Å²) in [5.74, 6) is -0.147. The summed E-state index contributed by atoms with van der Waals surface area (Å²) in [6.45, 7) is 4.15. The van der Waals surface area contributed by atoms with Crippen molar-refractivity contribution in [3.05, 3.63) is 57.6 Å². The number of amides is 1. The Morgan fingerprint density at radius 3 is 2.46 bits per heavy atom. The Balaban J connectivity index is 2.05. The lowest BCUT2D eigenvalue weighted by atomic mass is 10.1. The van der Waals surface area contributed by atoms with Crippen LogP contribution in [0.1, 0.15) is 30.9 Å². The molecule has 1 N–H and O–H groups in total. The molecule has 152 valence electrons. The van der Waals surface area contributed by atoms with E-state index in [1.54, 1.807) is 12.1 Å². The van der Waals surface area contributed by atoms with E-state index in [1.807, 2.05) is 32.0 Å². The summed E-state index contributed by atoms with van der Waals surface area (Å²) in [6.07, 6.45) is 2.50. The molecule has 0 aromatic heterocycles. The number of hydrogen-bond donors (Lipinski definition) is 1. The third-order valence-corrected chi connectivity index (χ3v) is 6.29. The van der Waals surface area contributed by atoms with Gasteiger partial charge in [0.25, 0.3) is 0 Å². The average molecular weight is 443 g/mol. The van der Waals surface area contributed by atoms with Gasteiger partial charge in [-0.1, -0.05) is 48.3 Å². The molecule has 0 saturated heterocycles. The summed E-state index contributed by atoms with van der Waals surface area (Å²) in [5, 5.41) is 3.58. The molecule has 0 atom stereocenters. The molecule has 0 unspecified atom stereocenters. The number of aryl methyl sites for hydroxylation is 2. The molecule has 28 heavy (non-hydrogen) atoms. The Kier molecular flexibility index (Phi) is 7.75. The highest BCUT2D eigenvalue weighted by atomic mass is 35.5. The Morgan fingerprint density at radius 1 is 1.14 bits per heavy atom. The minimum atomic E-state index is -3.52. The molecule has 0 spiro atoms. The molecular weight excluding hydrogens is 419 g/mol. The Labute approximate surface area is 176 Å². The highest BCUT2D eigenvalue weighted by molar-refractivity contribution is 7.92. The first-order valence-electron chi connectivity index (χ1n) is 8.94. The van der Waals surface area contributed by atoms with Crippen LogP contribution in [0.3, 0.4) is 0 Å². The topological polar surface area (TPSA) is 66.5 Å². The molecule has 0 bridgehead atoms. The smallest absolute Gasteiger partial charge is 0.232 e. The van der Waals surface area contributed by atoms with Crippen molar-refractivity contribution < 1.29 is 13.2 Å². The van der Waals surface area contributed by atoms with Crippen LogP contribution in [-0.4, -0.2) is 27.1 Å². The molecule has 8 heteroatoms. The number of nitrogens with zero attached hydrogens (tertiary/aromatic N) is 1. The van der Waals surface area contributed by atoms with Crippen LogP contribution in [0.2, 0.25) is 10.0 Å². The minimum Gasteiger partial charge on any atom is -0.326 e. The summed E-state index contributed by atoms with van der Waals surface area (Å²) < 4.78 is 25.6. The van der Waals surface area contributed by atoms with Gasteiger partial charge in [-0.25, -0.2) is 8.42 Å². The largest absolute Gasteiger partial charge is 0.326 e. The van der Waals surface area contributed by atoms with Gasteiger partial charge in [0.2, 0.25) is 15.9 Å². The van der Waals surface area contributed by atoms with Crippen LogP contribution in [0.4, 0.5) is 11.4 Å². The molecule has 0 aliphatic carbocycles. The van der Waals surface area contributed by atoms with Crippen molar-refractivity contribution in [1.29, 1.82) is 0 Å². The number of nitrogens with one attached hydrogen (secondary N) is 1. The molecule has 0 aliphatic heterocycles. The number of sulfonamides is 1. The molecule has 0 aliphatic rings. The van der Waals surface area contributed by atoms with Crippen molar-refractivity contribution in [3.8, 4) is 0 Å². The zero-order valence-corrected chi connectivity index (χ0v) is 18.5. The van der Waals surface area contributed by atoms with Gasteiger partial charge in [-0.3, -0.25) is 9.10 Å². The number of para-hydroxylation sites is 1. The molecule has 0 heterocycles. The summed E-state index contributed by atoms with van der Waals surface area (Å²) >= 11 is 11.9. The van der Waals surface area contributed by atoms with Gasteiger partial charge >= 0.3 is 0 Å². The van der Waals surface area contributed by atoms with E-state index in [2.05, 4.69) is 5.32 Å². The number of benzene rings is 2. The second-order valence-electron chi connectivity index (χ2n) is 6.55. The van der Waals surface area contributed by atoms with Crippen molar-refractivity contribution in [2.75, 3.05) is 22.4 Å². The lowest BCUT2D eigenvalue weighted by Gasteiger charge is -2.22. The van der Waals surface area contributed by atoms with E-state index in [4.69, 9.17) is 23.2 Å². The first-order valence-corrected chi connectivity index (χ1v) is 11.5. The van der Waals surface area contributed by atoms with Crippen molar-refractivity contribution in [3.63, 3.8) is 0 Å². The molecule has 0 saturated carbocycles. The first kappa shape index (κ1) is 22.5. The summed E-state index contributed by atoms with van der Waals surface area (Å²) in [4.78, 5) is 12.4. The lowest BCUT2D eigenvalue weighted by molar-refractivity contribution is -0.116. The number of carbonyl (C=O) groups excluding carboxylic acids is 1. The van der Waals surface area contributed by atoms with Crippen LogP contribution in [0.25, 0.3) is 0 Å². The highest BCUT2D eigenvalue weighted by Crippen LogP contribution is 2.28. The first-order chi connectivity index (χ1) is 13.1. The Bertz CT molecular complexity index is 962. The van der Waals surface area contributed by atoms with Crippen LogP contribution < -0.4 is 9.62 Å². The van der Waals surface area contributed by atoms with Gasteiger partial charge in [-0.2, -0.15) is 0 Å². The molecular formula is C20H24Cl2N2O3S. The second-order valence-corrected chi connectivity index (χ2v) is 9.27. The quantitative estimate of drug-likeness (QED) is 0.621. The second kappa shape index (κ2) is 9.63. The molecule has 0 radical (unpaired) electrons. The summed E-state index contributed by atoms with van der Waals surface area (Å²) in [6, 6.07) is 10.5. The van der Waals surface area contributed by atoms with E-state index in [0.717, 1.165) is 29.5 Å². The molecule has 2 rings (SSSR count). The Hall–Kier alpha value is -1.76. The van der Waals surface area contributed by atoms with E-state index in [1.165, 1.54) is 10.4 Å². The van der Waals surface area contributed by atoms with Gasteiger partial charge in [0, 0.05) is 18.7 Å². The number of halogens is 2. The van der Waals surface area contributed by atoms with Crippen LogP contribution in [-0.2, 0) is 21.2 Å².